The van der Waals surface area contributed by atoms with Crippen LogP contribution in [0.2, 0.25) is 5.02 Å². The molecule has 114 valence electrons. The molecule has 2 nitrogen and oxygen atoms in total. The van der Waals surface area contributed by atoms with Crippen molar-refractivity contribution in [3.8, 4) is 11.1 Å². The van der Waals surface area contributed by atoms with E-state index in [9.17, 15) is 9.59 Å². The Balaban J connectivity index is 2.10. The molecule has 0 spiro atoms. The monoisotopic (exact) mass is 322 g/mol. The van der Waals surface area contributed by atoms with Gasteiger partial charge in [-0.15, -0.1) is 0 Å². The highest BCUT2D eigenvalue weighted by molar-refractivity contribution is 6.32. The normalized spacial score (nSPS) is 21.7. The summed E-state index contributed by atoms with van der Waals surface area (Å²) in [6.45, 7) is 3.86. The Labute approximate surface area is 139 Å². The van der Waals surface area contributed by atoms with Gasteiger partial charge in [0.15, 0.2) is 5.78 Å². The molecule has 23 heavy (non-hydrogen) atoms. The van der Waals surface area contributed by atoms with Crippen LogP contribution in [0.15, 0.2) is 30.3 Å². The lowest BCUT2D eigenvalue weighted by Gasteiger charge is -2.23. The maximum absolute atomic E-state index is 12.5. The average Bonchev–Trinajstić information content (AvgIpc) is 2.53. The molecular formula is C20H15ClO2. The van der Waals surface area contributed by atoms with Crippen LogP contribution in [0.1, 0.15) is 35.7 Å². The van der Waals surface area contributed by atoms with Crippen molar-refractivity contribution >= 4 is 35.3 Å². The van der Waals surface area contributed by atoms with Gasteiger partial charge >= 0.3 is 0 Å². The first-order chi connectivity index (χ1) is 11.0. The molecule has 2 unspecified atom stereocenters. The van der Waals surface area contributed by atoms with Gasteiger partial charge in [-0.3, -0.25) is 9.59 Å². The molecule has 0 aliphatic heterocycles. The highest BCUT2D eigenvalue weighted by Crippen LogP contribution is 2.29. The second-order valence-electron chi connectivity index (χ2n) is 6.31. The molecule has 0 radical (unpaired) electrons. The molecule has 0 fully saturated rings. The van der Waals surface area contributed by atoms with E-state index in [2.05, 4.69) is 0 Å². The molecule has 0 saturated heterocycles. The fourth-order valence-corrected chi connectivity index (χ4v) is 3.82. The average molecular weight is 323 g/mol. The predicted molar refractivity (Wildman–Crippen MR) is 92.0 cm³/mol. The van der Waals surface area contributed by atoms with Crippen LogP contribution in [-0.2, 0) is 4.79 Å². The number of Topliss-reactive ketones (excluding diaryl/α,β-unsaturated/α-hetero) is 2. The Morgan fingerprint density at radius 1 is 0.913 bits per heavy atom. The van der Waals surface area contributed by atoms with E-state index >= 15 is 0 Å². The Kier molecular flexibility index (Phi) is 3.07. The second kappa shape index (κ2) is 4.90. The topological polar surface area (TPSA) is 34.1 Å². The number of halogens is 1. The number of hydrogen-bond donors (Lipinski definition) is 0. The van der Waals surface area contributed by atoms with Gasteiger partial charge in [-0.2, -0.15) is 0 Å². The first-order valence-electron chi connectivity index (χ1n) is 7.72. The summed E-state index contributed by atoms with van der Waals surface area (Å²) in [4.78, 5) is 24.8. The highest BCUT2D eigenvalue weighted by Gasteiger charge is 2.27. The Bertz CT molecular complexity index is 1000. The Hall–Kier alpha value is -2.19. The molecule has 2 aromatic carbocycles. The van der Waals surface area contributed by atoms with Gasteiger partial charge in [0, 0.05) is 22.4 Å². The summed E-state index contributed by atoms with van der Waals surface area (Å²) in [5.41, 5.74) is 3.58. The summed E-state index contributed by atoms with van der Waals surface area (Å²) < 4.78 is 0. The van der Waals surface area contributed by atoms with Gasteiger partial charge in [0.25, 0.3) is 0 Å². The third-order valence-corrected chi connectivity index (χ3v) is 5.13. The molecule has 0 amide bonds. The number of fused-ring (bicyclic) bond motifs is 5. The number of rotatable bonds is 0. The molecule has 4 rings (SSSR count). The standard InChI is InChI=1S/C20H15ClO2/c1-10-7-16-13(11(2)20(10)23)5-6-14-15-4-3-12(21)8-18(15)19(22)9-17(14)16/h3-11H,1-2H3. The predicted octanol–water partition coefficient (Wildman–Crippen LogP) is 3.09. The molecule has 2 aliphatic rings. The third-order valence-electron chi connectivity index (χ3n) is 4.89. The van der Waals surface area contributed by atoms with Crippen LogP contribution < -0.4 is 10.4 Å². The molecule has 2 aromatic rings. The van der Waals surface area contributed by atoms with Crippen molar-refractivity contribution in [3.63, 3.8) is 0 Å². The SMILES string of the molecule is CC1C=c2c(ccc3c2=CC(=O)c2cc(Cl)ccc2-3)C(C)C1=O. The molecule has 0 heterocycles. The first kappa shape index (κ1) is 14.4. The summed E-state index contributed by atoms with van der Waals surface area (Å²) in [5, 5.41) is 2.51. The van der Waals surface area contributed by atoms with Crippen LogP contribution in [0.5, 0.6) is 0 Å². The number of ketones is 2. The Morgan fingerprint density at radius 2 is 1.65 bits per heavy atom. The van der Waals surface area contributed by atoms with Crippen molar-refractivity contribution in [1.29, 1.82) is 0 Å². The quantitative estimate of drug-likeness (QED) is 0.747. The van der Waals surface area contributed by atoms with Crippen molar-refractivity contribution in [2.24, 2.45) is 5.92 Å². The van der Waals surface area contributed by atoms with E-state index < -0.39 is 0 Å². The zero-order chi connectivity index (χ0) is 16.3. The molecular weight excluding hydrogens is 308 g/mol. The number of hydrogen-bond acceptors (Lipinski definition) is 2. The zero-order valence-corrected chi connectivity index (χ0v) is 13.6. The zero-order valence-electron chi connectivity index (χ0n) is 12.9. The van der Waals surface area contributed by atoms with Crippen LogP contribution in [0.3, 0.4) is 0 Å². The lowest BCUT2D eigenvalue weighted by atomic mass is 9.79. The van der Waals surface area contributed by atoms with Crippen LogP contribution in [0.4, 0.5) is 0 Å². The smallest absolute Gasteiger partial charge is 0.187 e. The maximum Gasteiger partial charge on any atom is 0.187 e. The summed E-state index contributed by atoms with van der Waals surface area (Å²) in [6.07, 6.45) is 3.67. The van der Waals surface area contributed by atoms with Crippen molar-refractivity contribution in [1.82, 2.24) is 0 Å². The van der Waals surface area contributed by atoms with E-state index in [1.807, 2.05) is 38.1 Å². The van der Waals surface area contributed by atoms with Crippen molar-refractivity contribution in [2.45, 2.75) is 19.8 Å². The van der Waals surface area contributed by atoms with E-state index in [0.29, 0.717) is 10.6 Å². The van der Waals surface area contributed by atoms with E-state index in [0.717, 1.165) is 27.1 Å². The van der Waals surface area contributed by atoms with Gasteiger partial charge < -0.3 is 0 Å². The maximum atomic E-state index is 12.5. The van der Waals surface area contributed by atoms with Crippen LogP contribution in [0.25, 0.3) is 23.3 Å². The van der Waals surface area contributed by atoms with Crippen LogP contribution in [0, 0.1) is 5.92 Å². The van der Waals surface area contributed by atoms with Gasteiger partial charge in [0.1, 0.15) is 5.78 Å². The fraction of sp³-hybridized carbons (Fsp3) is 0.200. The molecule has 2 atom stereocenters. The molecule has 3 heteroatoms. The summed E-state index contributed by atoms with van der Waals surface area (Å²) in [6, 6.07) is 9.45. The summed E-state index contributed by atoms with van der Waals surface area (Å²) in [7, 11) is 0. The number of carbonyl (C=O) groups is 2. The number of benzene rings is 2. The Morgan fingerprint density at radius 3 is 2.43 bits per heavy atom. The minimum atomic E-state index is -0.134. The van der Waals surface area contributed by atoms with Crippen LogP contribution in [-0.4, -0.2) is 11.6 Å². The molecule has 0 saturated carbocycles. The minimum Gasteiger partial charge on any atom is -0.298 e. The lowest BCUT2D eigenvalue weighted by Crippen LogP contribution is -2.40. The third kappa shape index (κ3) is 2.02. The van der Waals surface area contributed by atoms with Gasteiger partial charge in [0.2, 0.25) is 0 Å². The van der Waals surface area contributed by atoms with Gasteiger partial charge in [-0.1, -0.05) is 49.7 Å². The van der Waals surface area contributed by atoms with Crippen molar-refractivity contribution < 1.29 is 9.59 Å². The first-order valence-corrected chi connectivity index (χ1v) is 8.09. The lowest BCUT2D eigenvalue weighted by molar-refractivity contribution is -0.122. The van der Waals surface area contributed by atoms with E-state index in [1.54, 1.807) is 18.2 Å². The molecule has 0 aromatic heterocycles. The largest absolute Gasteiger partial charge is 0.298 e. The molecule has 2 aliphatic carbocycles. The van der Waals surface area contributed by atoms with Gasteiger partial charge in [-0.05, 0) is 45.3 Å². The van der Waals surface area contributed by atoms with Crippen molar-refractivity contribution in [3.05, 3.63) is 56.9 Å². The van der Waals surface area contributed by atoms with Gasteiger partial charge in [-0.25, -0.2) is 0 Å². The van der Waals surface area contributed by atoms with E-state index in [1.165, 1.54) is 0 Å². The summed E-state index contributed by atoms with van der Waals surface area (Å²) in [5.74, 6) is -0.0645. The minimum absolute atomic E-state index is 0.0333. The van der Waals surface area contributed by atoms with E-state index in [4.69, 9.17) is 11.6 Å². The highest BCUT2D eigenvalue weighted by atomic mass is 35.5. The van der Waals surface area contributed by atoms with E-state index in [-0.39, 0.29) is 23.4 Å². The fourth-order valence-electron chi connectivity index (χ4n) is 3.65. The second-order valence-corrected chi connectivity index (χ2v) is 6.74. The van der Waals surface area contributed by atoms with Gasteiger partial charge in [0.05, 0.1) is 0 Å². The molecule has 0 N–H and O–H groups in total. The number of carbonyl (C=O) groups excluding carboxylic acids is 2. The summed E-state index contributed by atoms with van der Waals surface area (Å²) >= 11 is 6.03. The molecule has 0 bridgehead atoms. The van der Waals surface area contributed by atoms with Crippen LogP contribution >= 0.6 is 11.6 Å². The van der Waals surface area contributed by atoms with Crippen molar-refractivity contribution in [2.75, 3.05) is 0 Å².